The lowest BCUT2D eigenvalue weighted by Gasteiger charge is -2.34. The standard InChI is InChI=1S/C24H29N5O3S/c1-17-8-9-20(16-18(17)2)33(31,32)27-14-10-19(11-15-27)24(30)28-13-5-6-21(28)23-26-25-22-7-3-4-12-29(22)23/h3-4,7-9,12,16,19,21H,5-6,10-11,13-15H2,1-2H3/t21-/m1/s1. The molecule has 33 heavy (non-hydrogen) atoms. The van der Waals surface area contributed by atoms with Crippen LogP contribution < -0.4 is 0 Å². The zero-order valence-corrected chi connectivity index (χ0v) is 19.8. The number of sulfonamides is 1. The number of carbonyl (C=O) groups is 1. The Hall–Kier alpha value is -2.78. The lowest BCUT2D eigenvalue weighted by Crippen LogP contribution is -2.44. The smallest absolute Gasteiger partial charge is 0.243 e. The van der Waals surface area contributed by atoms with E-state index in [0.29, 0.717) is 37.4 Å². The number of aromatic nitrogens is 3. The average molecular weight is 468 g/mol. The molecule has 1 atom stereocenters. The summed E-state index contributed by atoms with van der Waals surface area (Å²) in [5.74, 6) is 0.732. The average Bonchev–Trinajstić information content (AvgIpc) is 3.47. The van der Waals surface area contributed by atoms with E-state index >= 15 is 0 Å². The normalized spacial score (nSPS) is 20.5. The number of piperidine rings is 1. The first-order valence-corrected chi connectivity index (χ1v) is 13.0. The van der Waals surface area contributed by atoms with Gasteiger partial charge < -0.3 is 4.90 Å². The van der Waals surface area contributed by atoms with Gasteiger partial charge in [0.15, 0.2) is 11.5 Å². The molecular formula is C24H29N5O3S. The van der Waals surface area contributed by atoms with E-state index in [9.17, 15) is 13.2 Å². The molecular weight excluding hydrogens is 438 g/mol. The number of hydrogen-bond donors (Lipinski definition) is 0. The molecule has 4 heterocycles. The monoisotopic (exact) mass is 467 g/mol. The maximum absolute atomic E-state index is 13.5. The van der Waals surface area contributed by atoms with Crippen molar-refractivity contribution in [1.82, 2.24) is 23.8 Å². The SMILES string of the molecule is Cc1ccc(S(=O)(=O)N2CCC(C(=O)N3CCC[C@@H]3c3nnc4ccccn34)CC2)cc1C. The minimum atomic E-state index is -3.55. The van der Waals surface area contributed by atoms with Crippen LogP contribution in [0.1, 0.15) is 48.7 Å². The number of carbonyl (C=O) groups excluding carboxylic acids is 1. The third-order valence-corrected chi connectivity index (χ3v) is 8.99. The fourth-order valence-corrected chi connectivity index (χ4v) is 6.54. The Morgan fingerprint density at radius 2 is 1.76 bits per heavy atom. The molecule has 1 aromatic carbocycles. The summed E-state index contributed by atoms with van der Waals surface area (Å²) < 4.78 is 29.7. The summed E-state index contributed by atoms with van der Waals surface area (Å²) in [4.78, 5) is 15.7. The molecule has 8 nitrogen and oxygen atoms in total. The molecule has 2 aromatic heterocycles. The second kappa shape index (κ2) is 8.53. The lowest BCUT2D eigenvalue weighted by molar-refractivity contribution is -0.137. The third kappa shape index (κ3) is 3.93. The minimum absolute atomic E-state index is 0.0906. The molecule has 0 saturated carbocycles. The van der Waals surface area contributed by atoms with Crippen molar-refractivity contribution in [3.8, 4) is 0 Å². The number of fused-ring (bicyclic) bond motifs is 1. The Balaban J connectivity index is 1.29. The number of aryl methyl sites for hydroxylation is 2. The Kier molecular flexibility index (Phi) is 5.70. The van der Waals surface area contributed by atoms with Crippen LogP contribution >= 0.6 is 0 Å². The van der Waals surface area contributed by atoms with Crippen molar-refractivity contribution < 1.29 is 13.2 Å². The first kappa shape index (κ1) is 22.0. The van der Waals surface area contributed by atoms with Crippen LogP contribution in [0.2, 0.25) is 0 Å². The molecule has 0 aliphatic carbocycles. The molecule has 2 aliphatic rings. The molecule has 3 aromatic rings. The van der Waals surface area contributed by atoms with Gasteiger partial charge in [0.1, 0.15) is 0 Å². The molecule has 0 unspecified atom stereocenters. The summed E-state index contributed by atoms with van der Waals surface area (Å²) in [6.45, 7) is 5.31. The van der Waals surface area contributed by atoms with E-state index in [-0.39, 0.29) is 17.9 Å². The van der Waals surface area contributed by atoms with Gasteiger partial charge in [0.05, 0.1) is 10.9 Å². The lowest BCUT2D eigenvalue weighted by atomic mass is 9.96. The van der Waals surface area contributed by atoms with Gasteiger partial charge in [-0.15, -0.1) is 10.2 Å². The van der Waals surface area contributed by atoms with Crippen molar-refractivity contribution in [3.63, 3.8) is 0 Å². The Morgan fingerprint density at radius 1 is 0.970 bits per heavy atom. The quantitative estimate of drug-likeness (QED) is 0.588. The van der Waals surface area contributed by atoms with Crippen LogP contribution in [0.4, 0.5) is 0 Å². The van der Waals surface area contributed by atoms with Crippen LogP contribution in [0.15, 0.2) is 47.5 Å². The highest BCUT2D eigenvalue weighted by Gasteiger charge is 2.39. The predicted octanol–water partition coefficient (Wildman–Crippen LogP) is 3.11. The zero-order chi connectivity index (χ0) is 23.2. The molecule has 0 bridgehead atoms. The van der Waals surface area contributed by atoms with Crippen molar-refractivity contribution in [1.29, 1.82) is 0 Å². The number of hydrogen-bond acceptors (Lipinski definition) is 5. The van der Waals surface area contributed by atoms with Gasteiger partial charge in [-0.3, -0.25) is 9.20 Å². The van der Waals surface area contributed by atoms with Gasteiger partial charge in [-0.2, -0.15) is 4.31 Å². The molecule has 9 heteroatoms. The van der Waals surface area contributed by atoms with Crippen molar-refractivity contribution in [2.75, 3.05) is 19.6 Å². The van der Waals surface area contributed by atoms with Crippen LogP contribution in [-0.2, 0) is 14.8 Å². The number of rotatable bonds is 4. The molecule has 0 radical (unpaired) electrons. The molecule has 2 saturated heterocycles. The van der Waals surface area contributed by atoms with Gasteiger partial charge in [0.25, 0.3) is 0 Å². The number of likely N-dealkylation sites (tertiary alicyclic amines) is 1. The first-order valence-electron chi connectivity index (χ1n) is 11.5. The summed E-state index contributed by atoms with van der Waals surface area (Å²) in [6, 6.07) is 10.9. The molecule has 1 amide bonds. The van der Waals surface area contributed by atoms with Crippen molar-refractivity contribution in [3.05, 3.63) is 59.5 Å². The highest BCUT2D eigenvalue weighted by Crippen LogP contribution is 2.34. The fourth-order valence-electron chi connectivity index (χ4n) is 4.99. The maximum atomic E-state index is 13.5. The maximum Gasteiger partial charge on any atom is 0.243 e. The van der Waals surface area contributed by atoms with E-state index in [1.165, 1.54) is 4.31 Å². The van der Waals surface area contributed by atoms with Gasteiger partial charge in [-0.25, -0.2) is 8.42 Å². The van der Waals surface area contributed by atoms with Gasteiger partial charge in [-0.05, 0) is 74.9 Å². The van der Waals surface area contributed by atoms with E-state index in [1.54, 1.807) is 12.1 Å². The van der Waals surface area contributed by atoms with Crippen molar-refractivity contribution in [2.45, 2.75) is 50.5 Å². The summed E-state index contributed by atoms with van der Waals surface area (Å²) in [5.41, 5.74) is 2.80. The fraction of sp³-hybridized carbons (Fsp3) is 0.458. The zero-order valence-electron chi connectivity index (χ0n) is 19.0. The van der Waals surface area contributed by atoms with Gasteiger partial charge in [0, 0.05) is 31.7 Å². The second-order valence-corrected chi connectivity index (χ2v) is 11.0. The van der Waals surface area contributed by atoms with E-state index < -0.39 is 10.0 Å². The van der Waals surface area contributed by atoms with Gasteiger partial charge in [0.2, 0.25) is 15.9 Å². The predicted molar refractivity (Wildman–Crippen MR) is 124 cm³/mol. The Labute approximate surface area is 194 Å². The van der Waals surface area contributed by atoms with Crippen LogP contribution in [0.3, 0.4) is 0 Å². The van der Waals surface area contributed by atoms with E-state index in [0.717, 1.165) is 35.4 Å². The van der Waals surface area contributed by atoms with E-state index in [4.69, 9.17) is 0 Å². The second-order valence-electron chi connectivity index (χ2n) is 9.10. The largest absolute Gasteiger partial charge is 0.332 e. The highest BCUT2D eigenvalue weighted by atomic mass is 32.2. The number of benzene rings is 1. The third-order valence-electron chi connectivity index (χ3n) is 7.09. The topological polar surface area (TPSA) is 87.9 Å². The molecule has 2 fully saturated rings. The van der Waals surface area contributed by atoms with Crippen LogP contribution in [-0.4, -0.2) is 57.8 Å². The van der Waals surface area contributed by atoms with Crippen LogP contribution in [0.25, 0.3) is 5.65 Å². The molecule has 5 rings (SSSR count). The molecule has 0 N–H and O–H groups in total. The van der Waals surface area contributed by atoms with Gasteiger partial charge >= 0.3 is 0 Å². The van der Waals surface area contributed by atoms with Crippen molar-refractivity contribution >= 4 is 21.6 Å². The van der Waals surface area contributed by atoms with Crippen molar-refractivity contribution in [2.24, 2.45) is 5.92 Å². The highest BCUT2D eigenvalue weighted by molar-refractivity contribution is 7.89. The van der Waals surface area contributed by atoms with Gasteiger partial charge in [-0.1, -0.05) is 12.1 Å². The summed E-state index contributed by atoms with van der Waals surface area (Å²) in [7, 11) is -3.55. The molecule has 2 aliphatic heterocycles. The van der Waals surface area contributed by atoms with E-state index in [1.807, 2.05) is 53.6 Å². The molecule has 0 spiro atoms. The summed E-state index contributed by atoms with van der Waals surface area (Å²) in [6.07, 6.45) is 4.79. The van der Waals surface area contributed by atoms with Crippen LogP contribution in [0.5, 0.6) is 0 Å². The number of nitrogens with zero attached hydrogens (tertiary/aromatic N) is 5. The minimum Gasteiger partial charge on any atom is -0.332 e. The van der Waals surface area contributed by atoms with E-state index in [2.05, 4.69) is 10.2 Å². The number of pyridine rings is 1. The summed E-state index contributed by atoms with van der Waals surface area (Å²) in [5, 5.41) is 8.63. The number of amides is 1. The first-order chi connectivity index (χ1) is 15.9. The summed E-state index contributed by atoms with van der Waals surface area (Å²) >= 11 is 0. The Bertz CT molecular complexity index is 1290. The molecule has 174 valence electrons. The Morgan fingerprint density at radius 3 is 2.52 bits per heavy atom. The van der Waals surface area contributed by atoms with Crippen LogP contribution in [0, 0.1) is 19.8 Å².